The number of pyridine rings is 1. The minimum atomic E-state index is -4.23. The van der Waals surface area contributed by atoms with Crippen molar-refractivity contribution in [1.82, 2.24) is 10.1 Å². The van der Waals surface area contributed by atoms with Crippen LogP contribution >= 0.6 is 7.75 Å². The van der Waals surface area contributed by atoms with E-state index < -0.39 is 63.0 Å². The van der Waals surface area contributed by atoms with Crippen molar-refractivity contribution in [2.24, 2.45) is 0 Å². The monoisotopic (exact) mass is 524 g/mol. The Hall–Kier alpha value is -2.86. The fraction of sp³-hybridized carbons (Fsp3) is 0.435. The standard InChI is InChI=1S/C23H29N2O10P/c1-14(2)32-21(28)15(3)25-36(30,35-17-9-5-4-6-10-17)31-13-18-19(26)20(27)23(33-18)34-22(29)16-8-7-11-24-12-16/h4-12,14-15,18-20,23,26-27H,13H2,1-3H3,(H,25,30)/t15?,18?,19?,20?,23?,36-/m0/s1. The third-order valence-electron chi connectivity index (χ3n) is 4.87. The summed E-state index contributed by atoms with van der Waals surface area (Å²) in [7, 11) is -4.23. The first-order chi connectivity index (χ1) is 17.1. The first-order valence-corrected chi connectivity index (χ1v) is 12.7. The van der Waals surface area contributed by atoms with Crippen molar-refractivity contribution < 1.29 is 47.6 Å². The van der Waals surface area contributed by atoms with Crippen LogP contribution in [-0.2, 0) is 28.1 Å². The van der Waals surface area contributed by atoms with Crippen molar-refractivity contribution in [3.05, 3.63) is 60.4 Å². The summed E-state index contributed by atoms with van der Waals surface area (Å²) in [5.41, 5.74) is 0.120. The zero-order valence-corrected chi connectivity index (χ0v) is 20.8. The topological polar surface area (TPSA) is 163 Å². The molecule has 3 N–H and O–H groups in total. The van der Waals surface area contributed by atoms with E-state index in [1.54, 1.807) is 32.0 Å². The van der Waals surface area contributed by atoms with Gasteiger partial charge in [-0.1, -0.05) is 18.2 Å². The fourth-order valence-corrected chi connectivity index (χ4v) is 4.61. The van der Waals surface area contributed by atoms with E-state index in [0.717, 1.165) is 0 Å². The molecule has 2 heterocycles. The first-order valence-electron chi connectivity index (χ1n) is 11.2. The van der Waals surface area contributed by atoms with Crippen LogP contribution in [0.3, 0.4) is 0 Å². The maximum absolute atomic E-state index is 13.5. The number of para-hydroxylation sites is 1. The number of nitrogens with zero attached hydrogens (tertiary/aromatic N) is 1. The lowest BCUT2D eigenvalue weighted by Gasteiger charge is -2.25. The molecule has 0 aliphatic carbocycles. The van der Waals surface area contributed by atoms with Crippen LogP contribution in [0.15, 0.2) is 54.9 Å². The van der Waals surface area contributed by atoms with Gasteiger partial charge in [0.25, 0.3) is 0 Å². The Morgan fingerprint density at radius 3 is 2.47 bits per heavy atom. The van der Waals surface area contributed by atoms with Gasteiger partial charge in [-0.2, -0.15) is 5.09 Å². The maximum Gasteiger partial charge on any atom is 0.459 e. The molecule has 0 bridgehead atoms. The Bertz CT molecular complexity index is 1060. The lowest BCUT2D eigenvalue weighted by molar-refractivity contribution is -0.149. The van der Waals surface area contributed by atoms with Crippen molar-refractivity contribution in [1.29, 1.82) is 0 Å². The minimum absolute atomic E-state index is 0.120. The van der Waals surface area contributed by atoms with Gasteiger partial charge in [0, 0.05) is 12.4 Å². The number of carbonyl (C=O) groups excluding carboxylic acids is 2. The van der Waals surface area contributed by atoms with Gasteiger partial charge in [0.1, 0.15) is 30.1 Å². The van der Waals surface area contributed by atoms with Gasteiger partial charge in [-0.25, -0.2) is 9.36 Å². The van der Waals surface area contributed by atoms with Crippen LogP contribution < -0.4 is 9.61 Å². The zero-order chi connectivity index (χ0) is 26.3. The third kappa shape index (κ3) is 7.57. The lowest BCUT2D eigenvalue weighted by Crippen LogP contribution is -2.38. The highest BCUT2D eigenvalue weighted by molar-refractivity contribution is 7.52. The minimum Gasteiger partial charge on any atom is -0.462 e. The van der Waals surface area contributed by atoms with E-state index in [4.69, 9.17) is 23.3 Å². The number of rotatable bonds is 11. The normalized spacial score (nSPS) is 24.1. The van der Waals surface area contributed by atoms with E-state index in [0.29, 0.717) is 0 Å². The van der Waals surface area contributed by atoms with Crippen LogP contribution in [0.25, 0.3) is 0 Å². The molecule has 1 aliphatic rings. The summed E-state index contributed by atoms with van der Waals surface area (Å²) in [6, 6.07) is 10.0. The van der Waals surface area contributed by atoms with Crippen molar-refractivity contribution in [3.8, 4) is 5.75 Å². The van der Waals surface area contributed by atoms with E-state index in [2.05, 4.69) is 10.1 Å². The number of hydrogen-bond donors (Lipinski definition) is 3. The first kappa shape index (κ1) is 27.7. The molecule has 1 aromatic carbocycles. The summed E-state index contributed by atoms with van der Waals surface area (Å²) >= 11 is 0. The molecule has 1 aromatic heterocycles. The van der Waals surface area contributed by atoms with Crippen LogP contribution in [0.4, 0.5) is 0 Å². The number of ether oxygens (including phenoxy) is 3. The molecular formula is C23H29N2O10P. The predicted molar refractivity (Wildman–Crippen MR) is 125 cm³/mol. The molecule has 1 fully saturated rings. The summed E-state index contributed by atoms with van der Waals surface area (Å²) in [5.74, 6) is -1.31. The smallest absolute Gasteiger partial charge is 0.459 e. The van der Waals surface area contributed by atoms with E-state index in [1.807, 2.05) is 0 Å². The van der Waals surface area contributed by atoms with Gasteiger partial charge in [0.05, 0.1) is 18.3 Å². The van der Waals surface area contributed by atoms with E-state index >= 15 is 0 Å². The van der Waals surface area contributed by atoms with Crippen LogP contribution in [0.1, 0.15) is 31.1 Å². The molecule has 3 rings (SSSR count). The highest BCUT2D eigenvalue weighted by Crippen LogP contribution is 2.45. The van der Waals surface area contributed by atoms with Gasteiger partial charge in [0.2, 0.25) is 6.29 Å². The Balaban J connectivity index is 1.67. The second-order valence-electron chi connectivity index (χ2n) is 8.21. The summed E-state index contributed by atoms with van der Waals surface area (Å²) in [4.78, 5) is 28.3. The summed E-state index contributed by atoms with van der Waals surface area (Å²) in [6.45, 7) is 4.22. The number of benzene rings is 1. The molecule has 36 heavy (non-hydrogen) atoms. The molecule has 0 spiro atoms. The SMILES string of the molecule is CC(C)OC(=O)C(C)N[P@](=O)(OCC1OC(OC(=O)c2cccnc2)C(O)C1O)Oc1ccccc1. The maximum atomic E-state index is 13.5. The summed E-state index contributed by atoms with van der Waals surface area (Å²) < 4.78 is 40.2. The number of aliphatic hydroxyl groups excluding tert-OH is 2. The van der Waals surface area contributed by atoms with Gasteiger partial charge in [0.15, 0.2) is 0 Å². The third-order valence-corrected chi connectivity index (χ3v) is 6.52. The molecule has 5 unspecified atom stereocenters. The van der Waals surface area contributed by atoms with Crippen molar-refractivity contribution in [2.45, 2.75) is 57.5 Å². The van der Waals surface area contributed by atoms with Gasteiger partial charge >= 0.3 is 19.7 Å². The van der Waals surface area contributed by atoms with Crippen LogP contribution in [0.2, 0.25) is 0 Å². The Kier molecular flexibility index (Phi) is 9.55. The molecule has 0 saturated carbocycles. The summed E-state index contributed by atoms with van der Waals surface area (Å²) in [5, 5.41) is 23.2. The van der Waals surface area contributed by atoms with Gasteiger partial charge < -0.3 is 28.9 Å². The number of aromatic nitrogens is 1. The molecule has 1 aliphatic heterocycles. The van der Waals surface area contributed by atoms with Crippen molar-refractivity contribution in [3.63, 3.8) is 0 Å². The summed E-state index contributed by atoms with van der Waals surface area (Å²) in [6.07, 6.45) is -3.53. The molecule has 13 heteroatoms. The van der Waals surface area contributed by atoms with Gasteiger partial charge in [-0.05, 0) is 45.0 Å². The number of esters is 2. The van der Waals surface area contributed by atoms with Crippen molar-refractivity contribution >= 4 is 19.7 Å². The number of carbonyl (C=O) groups is 2. The molecule has 6 atom stereocenters. The zero-order valence-electron chi connectivity index (χ0n) is 19.9. The van der Waals surface area contributed by atoms with Gasteiger partial charge in [-0.3, -0.25) is 14.3 Å². The van der Waals surface area contributed by atoms with E-state index in [-0.39, 0.29) is 11.3 Å². The molecule has 0 radical (unpaired) electrons. The number of aliphatic hydroxyl groups is 2. The second kappa shape index (κ2) is 12.4. The average Bonchev–Trinajstić information content (AvgIpc) is 3.11. The van der Waals surface area contributed by atoms with Crippen LogP contribution in [0.5, 0.6) is 5.75 Å². The lowest BCUT2D eigenvalue weighted by atomic mass is 10.1. The van der Waals surface area contributed by atoms with Crippen LogP contribution in [0, 0.1) is 0 Å². The fourth-order valence-electron chi connectivity index (χ4n) is 3.11. The Labute approximate surface area is 208 Å². The molecule has 1 saturated heterocycles. The molecular weight excluding hydrogens is 495 g/mol. The quantitative estimate of drug-likeness (QED) is 0.289. The second-order valence-corrected chi connectivity index (χ2v) is 9.90. The van der Waals surface area contributed by atoms with Crippen LogP contribution in [-0.4, -0.2) is 70.5 Å². The molecule has 196 valence electrons. The number of nitrogens with one attached hydrogen (secondary N) is 1. The van der Waals surface area contributed by atoms with E-state index in [1.165, 1.54) is 43.6 Å². The van der Waals surface area contributed by atoms with Crippen molar-refractivity contribution in [2.75, 3.05) is 6.61 Å². The molecule has 12 nitrogen and oxygen atoms in total. The Morgan fingerprint density at radius 2 is 1.83 bits per heavy atom. The largest absolute Gasteiger partial charge is 0.462 e. The molecule has 2 aromatic rings. The average molecular weight is 524 g/mol. The predicted octanol–water partition coefficient (Wildman–Crippen LogP) is 1.82. The highest BCUT2D eigenvalue weighted by Gasteiger charge is 2.46. The highest BCUT2D eigenvalue weighted by atomic mass is 31.2. The Morgan fingerprint density at radius 1 is 1.11 bits per heavy atom. The van der Waals surface area contributed by atoms with Gasteiger partial charge in [-0.15, -0.1) is 0 Å². The number of hydrogen-bond acceptors (Lipinski definition) is 11. The molecule has 0 amide bonds. The van der Waals surface area contributed by atoms with E-state index in [9.17, 15) is 24.4 Å².